The Morgan fingerprint density at radius 1 is 1.14 bits per heavy atom. The minimum absolute atomic E-state index is 0.00803. The van der Waals surface area contributed by atoms with Crippen LogP contribution in [0.15, 0.2) is 52.5 Å². The number of carbonyl (C=O) groups is 2. The fraction of sp³-hybridized carbons (Fsp3) is 0.375. The minimum Gasteiger partial charge on any atom is -0.366 e. The van der Waals surface area contributed by atoms with Crippen LogP contribution in [0.4, 0.5) is 5.82 Å². The number of fused-ring (bicyclic) bond motifs is 1. The summed E-state index contributed by atoms with van der Waals surface area (Å²) in [4.78, 5) is 46.5. The van der Waals surface area contributed by atoms with E-state index < -0.39 is 33.3 Å². The molecule has 2 heterocycles. The van der Waals surface area contributed by atoms with Crippen LogP contribution in [0.5, 0.6) is 0 Å². The number of nitrogens with two attached hydrogens (primary N) is 1. The molecule has 10 nitrogen and oxygen atoms in total. The summed E-state index contributed by atoms with van der Waals surface area (Å²) in [5.74, 6) is -0.602. The standard InChI is InChI=1S/C24H27N5O5S/c1-35(33,34)17-8-9-19-18(12-17)24(32)29(14-27-19)20(11-15-5-3-2-4-6-15)23(31)28-21-10-7-16(13-26-21)22(25)30/h7-10,12-15,20H,2-6,11H2,1H3,(H2,25,30)(H,26,28,31). The first-order chi connectivity index (χ1) is 16.6. The molecule has 2 amide bonds. The maximum atomic E-state index is 13.4. The number of aromatic nitrogens is 3. The molecule has 0 saturated heterocycles. The SMILES string of the molecule is CS(=O)(=O)c1ccc2ncn(C(CC3CCCCC3)C(=O)Nc3ccc(C(N)=O)cn3)c(=O)c2c1. The van der Waals surface area contributed by atoms with Crippen LogP contribution in [0.25, 0.3) is 10.9 Å². The number of hydrogen-bond donors (Lipinski definition) is 2. The fourth-order valence-electron chi connectivity index (χ4n) is 4.48. The van der Waals surface area contributed by atoms with E-state index in [0.29, 0.717) is 11.9 Å². The second kappa shape index (κ2) is 9.95. The Labute approximate surface area is 202 Å². The third kappa shape index (κ3) is 5.56. The monoisotopic (exact) mass is 497 g/mol. The molecular weight excluding hydrogens is 470 g/mol. The highest BCUT2D eigenvalue weighted by Gasteiger charge is 2.28. The van der Waals surface area contributed by atoms with E-state index in [1.807, 2.05) is 0 Å². The molecule has 2 aromatic heterocycles. The van der Waals surface area contributed by atoms with E-state index in [1.165, 1.54) is 47.4 Å². The van der Waals surface area contributed by atoms with E-state index >= 15 is 0 Å². The summed E-state index contributed by atoms with van der Waals surface area (Å²) in [6.45, 7) is 0. The molecule has 1 fully saturated rings. The number of anilines is 1. The number of rotatable bonds is 7. The van der Waals surface area contributed by atoms with Gasteiger partial charge in [-0.15, -0.1) is 0 Å². The first-order valence-corrected chi connectivity index (χ1v) is 13.3. The molecule has 1 aliphatic rings. The zero-order valence-corrected chi connectivity index (χ0v) is 20.1. The predicted octanol–water partition coefficient (Wildman–Crippen LogP) is 2.44. The van der Waals surface area contributed by atoms with Gasteiger partial charge in [0.25, 0.3) is 5.56 Å². The summed E-state index contributed by atoms with van der Waals surface area (Å²) >= 11 is 0. The Morgan fingerprint density at radius 2 is 1.89 bits per heavy atom. The van der Waals surface area contributed by atoms with Gasteiger partial charge in [0.05, 0.1) is 27.7 Å². The number of hydrogen-bond acceptors (Lipinski definition) is 7. The van der Waals surface area contributed by atoms with Gasteiger partial charge in [0.15, 0.2) is 9.84 Å². The Balaban J connectivity index is 1.72. The summed E-state index contributed by atoms with van der Waals surface area (Å²) < 4.78 is 25.3. The summed E-state index contributed by atoms with van der Waals surface area (Å²) in [5, 5.41) is 2.85. The molecule has 11 heteroatoms. The first-order valence-electron chi connectivity index (χ1n) is 11.4. The van der Waals surface area contributed by atoms with Gasteiger partial charge in [-0.05, 0) is 42.7 Å². The second-order valence-corrected chi connectivity index (χ2v) is 11.0. The molecule has 3 N–H and O–H groups in total. The normalized spacial score (nSPS) is 15.6. The molecule has 1 saturated carbocycles. The van der Waals surface area contributed by atoms with E-state index in [2.05, 4.69) is 15.3 Å². The molecule has 184 valence electrons. The van der Waals surface area contributed by atoms with Crippen LogP contribution in [-0.4, -0.2) is 41.0 Å². The number of primary amides is 1. The molecule has 1 aliphatic carbocycles. The summed E-state index contributed by atoms with van der Waals surface area (Å²) in [6.07, 6.45) is 9.31. The number of benzene rings is 1. The van der Waals surface area contributed by atoms with Crippen LogP contribution < -0.4 is 16.6 Å². The molecule has 3 aromatic rings. The summed E-state index contributed by atoms with van der Waals surface area (Å²) in [6, 6.07) is 6.24. The lowest BCUT2D eigenvalue weighted by molar-refractivity contribution is -0.120. The lowest BCUT2D eigenvalue weighted by Gasteiger charge is -2.27. The van der Waals surface area contributed by atoms with Crippen molar-refractivity contribution >= 4 is 38.4 Å². The van der Waals surface area contributed by atoms with E-state index in [9.17, 15) is 22.8 Å². The molecule has 1 unspecified atom stereocenters. The van der Waals surface area contributed by atoms with E-state index in [0.717, 1.165) is 38.4 Å². The van der Waals surface area contributed by atoms with Crippen molar-refractivity contribution < 1.29 is 18.0 Å². The summed E-state index contributed by atoms with van der Waals surface area (Å²) in [7, 11) is -3.53. The van der Waals surface area contributed by atoms with Crippen LogP contribution in [0.2, 0.25) is 0 Å². The van der Waals surface area contributed by atoms with Crippen molar-refractivity contribution in [1.29, 1.82) is 0 Å². The predicted molar refractivity (Wildman–Crippen MR) is 131 cm³/mol. The highest BCUT2D eigenvalue weighted by Crippen LogP contribution is 2.31. The van der Waals surface area contributed by atoms with Gasteiger partial charge in [-0.2, -0.15) is 0 Å². The van der Waals surface area contributed by atoms with Crippen LogP contribution >= 0.6 is 0 Å². The van der Waals surface area contributed by atoms with Crippen molar-refractivity contribution in [3.63, 3.8) is 0 Å². The highest BCUT2D eigenvalue weighted by molar-refractivity contribution is 7.90. The van der Waals surface area contributed by atoms with Gasteiger partial charge in [-0.1, -0.05) is 32.1 Å². The van der Waals surface area contributed by atoms with Crippen molar-refractivity contribution in [2.75, 3.05) is 11.6 Å². The van der Waals surface area contributed by atoms with Gasteiger partial charge in [0.1, 0.15) is 11.9 Å². The Kier molecular flexibility index (Phi) is 6.97. The van der Waals surface area contributed by atoms with Gasteiger partial charge < -0.3 is 11.1 Å². The Morgan fingerprint density at radius 3 is 2.51 bits per heavy atom. The lowest BCUT2D eigenvalue weighted by Crippen LogP contribution is -2.35. The average molecular weight is 498 g/mol. The molecule has 1 aromatic carbocycles. The molecule has 0 aliphatic heterocycles. The fourth-order valence-corrected chi connectivity index (χ4v) is 5.12. The number of nitrogens with zero attached hydrogens (tertiary/aromatic N) is 3. The van der Waals surface area contributed by atoms with Gasteiger partial charge in [0, 0.05) is 12.5 Å². The van der Waals surface area contributed by atoms with Crippen LogP contribution in [0.3, 0.4) is 0 Å². The molecule has 1 atom stereocenters. The Bertz CT molecular complexity index is 1430. The number of carbonyl (C=O) groups excluding carboxylic acids is 2. The topological polar surface area (TPSA) is 154 Å². The van der Waals surface area contributed by atoms with Crippen molar-refractivity contribution in [2.45, 2.75) is 49.5 Å². The second-order valence-electron chi connectivity index (χ2n) is 8.95. The van der Waals surface area contributed by atoms with E-state index in [-0.39, 0.29) is 27.6 Å². The molecule has 0 radical (unpaired) electrons. The summed E-state index contributed by atoms with van der Waals surface area (Å²) in [5.41, 5.74) is 5.31. The number of amides is 2. The maximum Gasteiger partial charge on any atom is 0.261 e. The molecule has 35 heavy (non-hydrogen) atoms. The van der Waals surface area contributed by atoms with Crippen molar-refractivity contribution in [3.05, 3.63) is 58.8 Å². The lowest BCUT2D eigenvalue weighted by atomic mass is 9.84. The van der Waals surface area contributed by atoms with Crippen LogP contribution in [-0.2, 0) is 14.6 Å². The van der Waals surface area contributed by atoms with Gasteiger partial charge in [-0.3, -0.25) is 19.0 Å². The zero-order chi connectivity index (χ0) is 25.2. The third-order valence-electron chi connectivity index (χ3n) is 6.40. The Hall–Kier alpha value is -3.60. The minimum atomic E-state index is -3.53. The van der Waals surface area contributed by atoms with Crippen LogP contribution in [0.1, 0.15) is 54.9 Å². The quantitative estimate of drug-likeness (QED) is 0.508. The smallest absolute Gasteiger partial charge is 0.261 e. The average Bonchev–Trinajstić information content (AvgIpc) is 2.83. The van der Waals surface area contributed by atoms with Gasteiger partial charge in [-0.25, -0.2) is 18.4 Å². The van der Waals surface area contributed by atoms with E-state index in [4.69, 9.17) is 5.73 Å². The van der Waals surface area contributed by atoms with Crippen LogP contribution in [0, 0.1) is 5.92 Å². The molecule has 4 rings (SSSR count). The van der Waals surface area contributed by atoms with Crippen molar-refractivity contribution in [1.82, 2.24) is 14.5 Å². The van der Waals surface area contributed by atoms with Gasteiger partial charge >= 0.3 is 0 Å². The third-order valence-corrected chi connectivity index (χ3v) is 7.51. The molecular formula is C24H27N5O5S. The number of sulfone groups is 1. The van der Waals surface area contributed by atoms with Crippen molar-refractivity contribution in [2.24, 2.45) is 11.7 Å². The zero-order valence-electron chi connectivity index (χ0n) is 19.3. The van der Waals surface area contributed by atoms with Gasteiger partial charge in [0.2, 0.25) is 11.8 Å². The number of pyridine rings is 1. The van der Waals surface area contributed by atoms with E-state index in [1.54, 1.807) is 0 Å². The molecule has 0 spiro atoms. The maximum absolute atomic E-state index is 13.4. The highest BCUT2D eigenvalue weighted by atomic mass is 32.2. The largest absolute Gasteiger partial charge is 0.366 e. The number of nitrogens with one attached hydrogen (secondary N) is 1. The first kappa shape index (κ1) is 24.5. The molecule has 0 bridgehead atoms. The van der Waals surface area contributed by atoms with Crippen molar-refractivity contribution in [3.8, 4) is 0 Å².